The third-order valence-electron chi connectivity index (χ3n) is 5.73. The number of ether oxygens (including phenoxy) is 1. The van der Waals surface area contributed by atoms with E-state index >= 15 is 0 Å². The minimum Gasteiger partial charge on any atom is -0.492 e. The van der Waals surface area contributed by atoms with Crippen LogP contribution in [0.5, 0.6) is 5.75 Å². The van der Waals surface area contributed by atoms with Crippen LogP contribution in [-0.2, 0) is 4.79 Å². The number of fused-ring (bicyclic) bond motifs is 1. The molecule has 0 spiro atoms. The molecule has 0 saturated heterocycles. The van der Waals surface area contributed by atoms with Crippen LogP contribution in [0.4, 0.5) is 0 Å². The number of amides is 1. The van der Waals surface area contributed by atoms with Gasteiger partial charge in [0.05, 0.1) is 12.2 Å². The van der Waals surface area contributed by atoms with Crippen molar-refractivity contribution in [1.82, 2.24) is 5.32 Å². The topological polar surface area (TPSA) is 75.6 Å². The maximum Gasteiger partial charge on any atom is 0.326 e. The van der Waals surface area contributed by atoms with Gasteiger partial charge in [0.15, 0.2) is 0 Å². The number of aliphatic carboxylic acids is 1. The van der Waals surface area contributed by atoms with Gasteiger partial charge in [-0.3, -0.25) is 4.79 Å². The van der Waals surface area contributed by atoms with Gasteiger partial charge in [-0.15, -0.1) is 0 Å². The molecule has 0 aromatic heterocycles. The highest BCUT2D eigenvalue weighted by atomic mass is 16.5. The third kappa shape index (κ3) is 5.74. The Labute approximate surface area is 178 Å². The van der Waals surface area contributed by atoms with Crippen molar-refractivity contribution >= 4 is 22.6 Å². The quantitative estimate of drug-likeness (QED) is 0.638. The number of benzene rings is 2. The molecule has 0 radical (unpaired) electrons. The molecule has 5 heteroatoms. The van der Waals surface area contributed by atoms with E-state index in [0.717, 1.165) is 23.6 Å². The molecule has 1 fully saturated rings. The second kappa shape index (κ2) is 9.50. The number of rotatable bonds is 7. The summed E-state index contributed by atoms with van der Waals surface area (Å²) >= 11 is 0. The highest BCUT2D eigenvalue weighted by Gasteiger charge is 2.28. The van der Waals surface area contributed by atoms with Crippen molar-refractivity contribution in [3.8, 4) is 5.75 Å². The van der Waals surface area contributed by atoms with E-state index in [0.29, 0.717) is 30.3 Å². The first-order valence-corrected chi connectivity index (χ1v) is 10.9. The number of hydrogen-bond donors (Lipinski definition) is 2. The van der Waals surface area contributed by atoms with Gasteiger partial charge in [0, 0.05) is 5.39 Å². The Hall–Kier alpha value is -2.56. The van der Waals surface area contributed by atoms with E-state index in [1.807, 2.05) is 51.1 Å². The third-order valence-corrected chi connectivity index (χ3v) is 5.73. The highest BCUT2D eigenvalue weighted by Crippen LogP contribution is 2.32. The zero-order valence-corrected chi connectivity index (χ0v) is 18.2. The molecule has 1 amide bonds. The van der Waals surface area contributed by atoms with Gasteiger partial charge in [-0.2, -0.15) is 0 Å². The lowest BCUT2D eigenvalue weighted by Crippen LogP contribution is -2.43. The first kappa shape index (κ1) is 22.1. The summed E-state index contributed by atoms with van der Waals surface area (Å²) in [5.74, 6) is -0.378. The van der Waals surface area contributed by atoms with Crippen LogP contribution in [0, 0.1) is 11.3 Å². The van der Waals surface area contributed by atoms with Crippen molar-refractivity contribution in [2.24, 2.45) is 11.3 Å². The molecule has 1 saturated carbocycles. The average Bonchev–Trinajstić information content (AvgIpc) is 2.71. The molecule has 2 aromatic rings. The van der Waals surface area contributed by atoms with Crippen molar-refractivity contribution in [3.63, 3.8) is 0 Å². The Morgan fingerprint density at radius 2 is 1.80 bits per heavy atom. The Bertz CT molecular complexity index is 894. The average molecular weight is 412 g/mol. The monoisotopic (exact) mass is 411 g/mol. The van der Waals surface area contributed by atoms with E-state index < -0.39 is 17.9 Å². The molecule has 30 heavy (non-hydrogen) atoms. The summed E-state index contributed by atoms with van der Waals surface area (Å²) in [5, 5.41) is 14.2. The summed E-state index contributed by atoms with van der Waals surface area (Å²) < 4.78 is 6.25. The second-order valence-corrected chi connectivity index (χ2v) is 9.61. The fourth-order valence-electron chi connectivity index (χ4n) is 4.18. The molecule has 2 N–H and O–H groups in total. The maximum atomic E-state index is 13.1. The Kier molecular flexibility index (Phi) is 7.01. The zero-order chi connectivity index (χ0) is 21.7. The SMILES string of the molecule is CC(C)(C)CC(NC(=O)c1ccc2ccccc2c1OCC1CCCCC1)C(=O)O. The van der Waals surface area contributed by atoms with E-state index in [-0.39, 0.29) is 5.41 Å². The zero-order valence-electron chi connectivity index (χ0n) is 18.2. The van der Waals surface area contributed by atoms with Crippen LogP contribution in [0.15, 0.2) is 36.4 Å². The summed E-state index contributed by atoms with van der Waals surface area (Å²) in [4.78, 5) is 24.8. The van der Waals surface area contributed by atoms with Gasteiger partial charge in [0.25, 0.3) is 5.91 Å². The molecule has 1 atom stereocenters. The number of nitrogens with one attached hydrogen (secondary N) is 1. The summed E-state index contributed by atoms with van der Waals surface area (Å²) in [5.41, 5.74) is 0.171. The highest BCUT2D eigenvalue weighted by molar-refractivity contribution is 6.04. The van der Waals surface area contributed by atoms with E-state index in [9.17, 15) is 14.7 Å². The molecular weight excluding hydrogens is 378 g/mol. The minimum absolute atomic E-state index is 0.222. The summed E-state index contributed by atoms with van der Waals surface area (Å²) in [6, 6.07) is 10.5. The minimum atomic E-state index is -1.02. The summed E-state index contributed by atoms with van der Waals surface area (Å²) in [6.07, 6.45) is 6.38. The van der Waals surface area contributed by atoms with E-state index in [1.54, 1.807) is 6.07 Å². The lowest BCUT2D eigenvalue weighted by molar-refractivity contribution is -0.140. The van der Waals surface area contributed by atoms with Gasteiger partial charge in [-0.05, 0) is 42.0 Å². The Balaban J connectivity index is 1.87. The van der Waals surface area contributed by atoms with Crippen molar-refractivity contribution in [2.45, 2.75) is 65.3 Å². The molecule has 0 aliphatic heterocycles. The maximum absolute atomic E-state index is 13.1. The Morgan fingerprint density at radius 3 is 2.47 bits per heavy atom. The van der Waals surface area contributed by atoms with Crippen LogP contribution in [0.3, 0.4) is 0 Å². The van der Waals surface area contributed by atoms with Gasteiger partial charge in [-0.1, -0.05) is 70.4 Å². The van der Waals surface area contributed by atoms with Crippen LogP contribution < -0.4 is 10.1 Å². The molecule has 162 valence electrons. The van der Waals surface area contributed by atoms with Crippen molar-refractivity contribution in [1.29, 1.82) is 0 Å². The smallest absolute Gasteiger partial charge is 0.326 e. The van der Waals surface area contributed by atoms with E-state index in [4.69, 9.17) is 4.74 Å². The van der Waals surface area contributed by atoms with Gasteiger partial charge < -0.3 is 15.2 Å². The van der Waals surface area contributed by atoms with Gasteiger partial charge in [0.1, 0.15) is 11.8 Å². The standard InChI is InChI=1S/C25H33NO4/c1-25(2,3)15-21(24(28)29)26-23(27)20-14-13-18-11-7-8-12-19(18)22(20)30-16-17-9-5-4-6-10-17/h7-8,11-14,17,21H,4-6,9-10,15-16H2,1-3H3,(H,26,27)(H,28,29). The largest absolute Gasteiger partial charge is 0.492 e. The predicted octanol–water partition coefficient (Wildman–Crippen LogP) is 5.42. The molecule has 1 unspecified atom stereocenters. The molecule has 0 heterocycles. The Morgan fingerprint density at radius 1 is 1.10 bits per heavy atom. The molecule has 2 aromatic carbocycles. The van der Waals surface area contributed by atoms with Crippen molar-refractivity contribution in [3.05, 3.63) is 42.0 Å². The number of carboxylic acids is 1. The van der Waals surface area contributed by atoms with Crippen LogP contribution in [0.1, 0.15) is 69.7 Å². The fraction of sp³-hybridized carbons (Fsp3) is 0.520. The van der Waals surface area contributed by atoms with Crippen LogP contribution in [-0.4, -0.2) is 29.6 Å². The number of hydrogen-bond acceptors (Lipinski definition) is 3. The normalized spacial score (nSPS) is 16.2. The first-order chi connectivity index (χ1) is 14.2. The van der Waals surface area contributed by atoms with Crippen molar-refractivity contribution in [2.75, 3.05) is 6.61 Å². The second-order valence-electron chi connectivity index (χ2n) is 9.61. The fourth-order valence-corrected chi connectivity index (χ4v) is 4.18. The van der Waals surface area contributed by atoms with E-state index in [2.05, 4.69) is 5.32 Å². The van der Waals surface area contributed by atoms with Crippen LogP contribution in [0.25, 0.3) is 10.8 Å². The molecule has 0 bridgehead atoms. The van der Waals surface area contributed by atoms with Gasteiger partial charge >= 0.3 is 5.97 Å². The van der Waals surface area contributed by atoms with Crippen LogP contribution in [0.2, 0.25) is 0 Å². The lowest BCUT2D eigenvalue weighted by Gasteiger charge is -2.25. The molecular formula is C25H33NO4. The molecule has 3 rings (SSSR count). The summed E-state index contributed by atoms with van der Waals surface area (Å²) in [6.45, 7) is 6.47. The summed E-state index contributed by atoms with van der Waals surface area (Å²) in [7, 11) is 0. The number of carbonyl (C=O) groups is 2. The van der Waals surface area contributed by atoms with Crippen LogP contribution >= 0.6 is 0 Å². The van der Waals surface area contributed by atoms with Gasteiger partial charge in [0.2, 0.25) is 0 Å². The predicted molar refractivity (Wildman–Crippen MR) is 119 cm³/mol. The van der Waals surface area contributed by atoms with Crippen molar-refractivity contribution < 1.29 is 19.4 Å². The van der Waals surface area contributed by atoms with E-state index in [1.165, 1.54) is 19.3 Å². The number of carboxylic acid groups (broad SMARTS) is 1. The number of carbonyl (C=O) groups excluding carboxylic acids is 1. The van der Waals surface area contributed by atoms with Gasteiger partial charge in [-0.25, -0.2) is 4.79 Å². The molecule has 5 nitrogen and oxygen atoms in total. The lowest BCUT2D eigenvalue weighted by atomic mass is 9.88. The molecule has 1 aliphatic rings. The first-order valence-electron chi connectivity index (χ1n) is 10.9. The molecule has 1 aliphatic carbocycles.